The molecule has 1 aromatic carbocycles. The van der Waals surface area contributed by atoms with Gasteiger partial charge in [-0.1, -0.05) is 30.3 Å². The number of hydrogen-bond acceptors (Lipinski definition) is 4. The van der Waals surface area contributed by atoms with Crippen LogP contribution < -0.4 is 40.0 Å². The first-order valence-corrected chi connectivity index (χ1v) is 6.53. The summed E-state index contributed by atoms with van der Waals surface area (Å²) in [5.74, 6) is -0.514. The third kappa shape index (κ3) is 8.48. The van der Waals surface area contributed by atoms with Crippen molar-refractivity contribution in [3.8, 4) is 0 Å². The molecule has 0 aliphatic heterocycles. The van der Waals surface area contributed by atoms with Gasteiger partial charge in [-0.15, -0.1) is 0 Å². The van der Waals surface area contributed by atoms with E-state index in [0.29, 0.717) is 0 Å². The fraction of sp³-hybridized carbons (Fsp3) is 0.300. The molecule has 0 radical (unpaired) electrons. The average Bonchev–Trinajstić information content (AvgIpc) is 2.26. The van der Waals surface area contributed by atoms with E-state index in [2.05, 4.69) is 10.3 Å². The summed E-state index contributed by atoms with van der Waals surface area (Å²) < 4.78 is 29.2. The second-order valence-corrected chi connectivity index (χ2v) is 4.89. The van der Waals surface area contributed by atoms with Crippen LogP contribution in [0.1, 0.15) is 5.56 Å². The van der Waals surface area contributed by atoms with Crippen molar-refractivity contribution in [2.24, 2.45) is 4.99 Å². The molecule has 1 aromatic rings. The standard InChI is InChI=1S/C10H14N2O4S.Na/c13-10(11-6-7-17(14,15)16)12-8-9-4-2-1-3-5-9;/h1-5H,6-8H2,(H2,11,12,13)(H,14,15,16);/q;+1/p-1. The maximum absolute atomic E-state index is 11.1. The second kappa shape index (κ2) is 8.49. The molecule has 0 bridgehead atoms. The number of hydrogen-bond donors (Lipinski definition) is 2. The van der Waals surface area contributed by atoms with Crippen LogP contribution in [0.4, 0.5) is 0 Å². The molecule has 0 fully saturated rings. The van der Waals surface area contributed by atoms with E-state index in [1.165, 1.54) is 0 Å². The zero-order valence-electron chi connectivity index (χ0n) is 10.0. The fourth-order valence-electron chi connectivity index (χ4n) is 1.09. The van der Waals surface area contributed by atoms with Gasteiger partial charge >= 0.3 is 29.6 Å². The van der Waals surface area contributed by atoms with Gasteiger partial charge in [0, 0.05) is 12.6 Å². The molecule has 0 spiro atoms. The van der Waals surface area contributed by atoms with E-state index in [1.807, 2.05) is 30.3 Å². The van der Waals surface area contributed by atoms with Crippen LogP contribution in [-0.4, -0.2) is 31.3 Å². The molecule has 0 saturated heterocycles. The number of benzene rings is 1. The molecule has 6 nitrogen and oxygen atoms in total. The summed E-state index contributed by atoms with van der Waals surface area (Å²) in [6.45, 7) is 0.0779. The molecule has 0 saturated carbocycles. The minimum absolute atomic E-state index is 0. The Balaban J connectivity index is 0.00000289. The summed E-state index contributed by atoms with van der Waals surface area (Å²) in [6.07, 6.45) is 0. The van der Waals surface area contributed by atoms with E-state index >= 15 is 0 Å². The monoisotopic (exact) mass is 280 g/mol. The average molecular weight is 280 g/mol. The molecule has 18 heavy (non-hydrogen) atoms. The Morgan fingerprint density at radius 1 is 1.33 bits per heavy atom. The van der Waals surface area contributed by atoms with Crippen molar-refractivity contribution in [3.05, 3.63) is 35.9 Å². The van der Waals surface area contributed by atoms with Crippen LogP contribution in [0.3, 0.4) is 0 Å². The molecular weight excluding hydrogens is 267 g/mol. The minimum Gasteiger partial charge on any atom is -0.846 e. The maximum Gasteiger partial charge on any atom is 1.00 e. The number of aliphatic imine (C=N–C) groups is 1. The Labute approximate surface area is 128 Å². The third-order valence-corrected chi connectivity index (χ3v) is 2.60. The Hall–Kier alpha value is -0.600. The minimum atomic E-state index is -4.04. The molecule has 0 amide bonds. The van der Waals surface area contributed by atoms with Gasteiger partial charge in [0.1, 0.15) is 0 Å². The van der Waals surface area contributed by atoms with Crippen molar-refractivity contribution in [1.82, 2.24) is 5.32 Å². The van der Waals surface area contributed by atoms with Crippen LogP contribution in [0.2, 0.25) is 0 Å². The van der Waals surface area contributed by atoms with Crippen molar-refractivity contribution in [2.75, 3.05) is 12.3 Å². The Bertz CT molecular complexity index is 476. The van der Waals surface area contributed by atoms with Gasteiger partial charge in [0.15, 0.2) is 0 Å². The molecule has 1 rings (SSSR count). The summed E-state index contributed by atoms with van der Waals surface area (Å²) in [5.41, 5.74) is 0.887. The largest absolute Gasteiger partial charge is 1.00 e. The van der Waals surface area contributed by atoms with E-state index < -0.39 is 21.9 Å². The van der Waals surface area contributed by atoms with Gasteiger partial charge in [0.2, 0.25) is 0 Å². The zero-order valence-corrected chi connectivity index (χ0v) is 12.9. The molecule has 0 unspecified atom stereocenters. The summed E-state index contributed by atoms with van der Waals surface area (Å²) >= 11 is 0. The van der Waals surface area contributed by atoms with Crippen LogP contribution in [0, 0.1) is 0 Å². The quantitative estimate of drug-likeness (QED) is 0.251. The van der Waals surface area contributed by atoms with Crippen molar-refractivity contribution in [2.45, 2.75) is 6.54 Å². The van der Waals surface area contributed by atoms with Crippen LogP contribution >= 0.6 is 0 Å². The van der Waals surface area contributed by atoms with Gasteiger partial charge in [-0.05, 0) is 5.56 Å². The summed E-state index contributed by atoms with van der Waals surface area (Å²) in [7, 11) is -4.04. The zero-order chi connectivity index (χ0) is 12.7. The van der Waals surface area contributed by atoms with E-state index in [1.54, 1.807) is 0 Å². The predicted molar refractivity (Wildman–Crippen MR) is 62.0 cm³/mol. The Kier molecular flexibility index (Phi) is 8.21. The first-order chi connectivity index (χ1) is 7.97. The molecule has 0 heterocycles. The van der Waals surface area contributed by atoms with Gasteiger partial charge in [0.05, 0.1) is 12.3 Å². The van der Waals surface area contributed by atoms with Gasteiger partial charge in [0.25, 0.3) is 10.1 Å². The summed E-state index contributed by atoms with van der Waals surface area (Å²) in [4.78, 5) is 3.69. The fourth-order valence-corrected chi connectivity index (χ4v) is 1.45. The van der Waals surface area contributed by atoms with Crippen LogP contribution in [-0.2, 0) is 16.7 Å². The van der Waals surface area contributed by atoms with Gasteiger partial charge in [-0.2, -0.15) is 8.42 Å². The normalized spacial score (nSPS) is 11.7. The number of nitrogens with one attached hydrogen (secondary N) is 1. The van der Waals surface area contributed by atoms with Crippen molar-refractivity contribution in [3.63, 3.8) is 0 Å². The number of rotatable bonds is 5. The number of amidine groups is 1. The Morgan fingerprint density at radius 2 is 1.94 bits per heavy atom. The second-order valence-electron chi connectivity index (χ2n) is 3.32. The van der Waals surface area contributed by atoms with Gasteiger partial charge in [-0.3, -0.25) is 9.55 Å². The molecule has 0 aliphatic rings. The maximum atomic E-state index is 11.1. The van der Waals surface area contributed by atoms with Crippen LogP contribution in [0.5, 0.6) is 0 Å². The topological polar surface area (TPSA) is 102 Å². The van der Waals surface area contributed by atoms with E-state index in [4.69, 9.17) is 4.55 Å². The van der Waals surface area contributed by atoms with Crippen molar-refractivity contribution >= 4 is 16.1 Å². The van der Waals surface area contributed by atoms with Crippen LogP contribution in [0.25, 0.3) is 0 Å². The third-order valence-electron chi connectivity index (χ3n) is 1.88. The summed E-state index contributed by atoms with van der Waals surface area (Å²) in [6, 6.07) is 8.58. The summed E-state index contributed by atoms with van der Waals surface area (Å²) in [5, 5.41) is 13.4. The van der Waals surface area contributed by atoms with Crippen molar-refractivity contribution < 1.29 is 47.6 Å². The van der Waals surface area contributed by atoms with Gasteiger partial charge < -0.3 is 10.4 Å². The van der Waals surface area contributed by atoms with E-state index in [0.717, 1.165) is 5.56 Å². The molecule has 8 heteroatoms. The van der Waals surface area contributed by atoms with Gasteiger partial charge in [-0.25, -0.2) is 0 Å². The molecule has 0 aromatic heterocycles. The first kappa shape index (κ1) is 17.4. The Morgan fingerprint density at radius 3 is 2.50 bits per heavy atom. The predicted octanol–water partition coefficient (Wildman–Crippen LogP) is -3.62. The first-order valence-electron chi connectivity index (χ1n) is 4.92. The molecule has 0 aliphatic carbocycles. The van der Waals surface area contributed by atoms with Crippen LogP contribution in [0.15, 0.2) is 35.3 Å². The smallest absolute Gasteiger partial charge is 0.846 e. The number of nitrogens with zero attached hydrogens (tertiary/aromatic N) is 1. The molecular formula is C10H13N2NaO4S. The van der Waals surface area contributed by atoms with E-state index in [9.17, 15) is 13.5 Å². The molecule has 2 N–H and O–H groups in total. The van der Waals surface area contributed by atoms with E-state index in [-0.39, 0.29) is 42.6 Å². The SMILES string of the molecule is O=S(=O)(O)CCNC([O-])=NCc1ccccc1.[Na+]. The molecule has 0 atom stereocenters. The molecule has 94 valence electrons. The van der Waals surface area contributed by atoms with Crippen molar-refractivity contribution in [1.29, 1.82) is 0 Å².